The van der Waals surface area contributed by atoms with Crippen LogP contribution in [0.3, 0.4) is 0 Å². The fourth-order valence-corrected chi connectivity index (χ4v) is 5.56. The summed E-state index contributed by atoms with van der Waals surface area (Å²) in [6, 6.07) is 16.4. The molecule has 0 radical (unpaired) electrons. The van der Waals surface area contributed by atoms with Gasteiger partial charge < -0.3 is 19.9 Å². The van der Waals surface area contributed by atoms with Gasteiger partial charge in [0.25, 0.3) is 0 Å². The minimum absolute atomic E-state index is 0.00901. The Hall–Kier alpha value is -3.03. The number of carbonyl (C=O) groups excluding carboxylic acids is 2. The Bertz CT molecular complexity index is 1210. The van der Waals surface area contributed by atoms with Crippen molar-refractivity contribution < 1.29 is 14.3 Å². The zero-order valence-electron chi connectivity index (χ0n) is 20.9. The first-order chi connectivity index (χ1) is 17.3. The number of thiophene rings is 1. The van der Waals surface area contributed by atoms with E-state index in [2.05, 4.69) is 16.8 Å². The number of hydrogen-bond donors (Lipinski definition) is 1. The van der Waals surface area contributed by atoms with Crippen molar-refractivity contribution in [3.63, 3.8) is 0 Å². The lowest BCUT2D eigenvalue weighted by atomic mass is 10.00. The summed E-state index contributed by atoms with van der Waals surface area (Å²) in [6.07, 6.45) is 0.804. The number of urea groups is 1. The molecule has 190 valence electrons. The number of benzene rings is 2. The number of amides is 3. The Labute approximate surface area is 221 Å². The molecule has 1 unspecified atom stereocenters. The number of halogens is 1. The second-order valence-electron chi connectivity index (χ2n) is 9.44. The first kappa shape index (κ1) is 26.0. The highest BCUT2D eigenvalue weighted by Crippen LogP contribution is 2.34. The molecule has 0 fully saturated rings. The van der Waals surface area contributed by atoms with Crippen molar-refractivity contribution in [2.24, 2.45) is 5.92 Å². The normalized spacial score (nSPS) is 14.9. The van der Waals surface area contributed by atoms with E-state index in [1.165, 1.54) is 4.88 Å². The van der Waals surface area contributed by atoms with E-state index >= 15 is 0 Å². The number of ether oxygens (including phenoxy) is 1. The van der Waals surface area contributed by atoms with Gasteiger partial charge in [-0.2, -0.15) is 0 Å². The highest BCUT2D eigenvalue weighted by molar-refractivity contribution is 7.10. The number of hydrogen-bond acceptors (Lipinski definition) is 4. The number of nitrogens with one attached hydrogen (secondary N) is 1. The van der Waals surface area contributed by atoms with Gasteiger partial charge in [0.15, 0.2) is 0 Å². The van der Waals surface area contributed by atoms with Gasteiger partial charge in [-0.15, -0.1) is 11.3 Å². The van der Waals surface area contributed by atoms with Crippen molar-refractivity contribution in [3.05, 3.63) is 81.0 Å². The van der Waals surface area contributed by atoms with Crippen LogP contribution in [0.2, 0.25) is 5.02 Å². The molecule has 4 rings (SSSR count). The maximum atomic E-state index is 13.7. The number of rotatable bonds is 8. The molecule has 6 nitrogen and oxygen atoms in total. The molecule has 1 aliphatic heterocycles. The van der Waals surface area contributed by atoms with E-state index in [1.807, 2.05) is 49.9 Å². The molecule has 1 aromatic heterocycles. The van der Waals surface area contributed by atoms with Crippen LogP contribution >= 0.6 is 22.9 Å². The lowest BCUT2D eigenvalue weighted by Crippen LogP contribution is -2.49. The van der Waals surface area contributed by atoms with Gasteiger partial charge in [0, 0.05) is 28.7 Å². The molecule has 1 N–H and O–H groups in total. The molecule has 3 amide bonds. The van der Waals surface area contributed by atoms with Crippen molar-refractivity contribution >= 4 is 40.6 Å². The quantitative estimate of drug-likeness (QED) is 0.370. The predicted molar refractivity (Wildman–Crippen MR) is 146 cm³/mol. The molecular weight excluding hydrogens is 494 g/mol. The molecule has 1 atom stereocenters. The molecule has 0 saturated carbocycles. The zero-order chi connectivity index (χ0) is 25.7. The fourth-order valence-electron chi connectivity index (χ4n) is 4.44. The van der Waals surface area contributed by atoms with Gasteiger partial charge in [-0.05, 0) is 66.1 Å². The number of anilines is 1. The lowest BCUT2D eigenvalue weighted by molar-refractivity contribution is -0.135. The van der Waals surface area contributed by atoms with Crippen molar-refractivity contribution in [1.29, 1.82) is 0 Å². The van der Waals surface area contributed by atoms with Gasteiger partial charge in [-0.25, -0.2) is 4.79 Å². The van der Waals surface area contributed by atoms with Crippen LogP contribution in [-0.4, -0.2) is 48.0 Å². The van der Waals surface area contributed by atoms with E-state index in [0.717, 1.165) is 23.3 Å². The summed E-state index contributed by atoms with van der Waals surface area (Å²) >= 11 is 7.79. The van der Waals surface area contributed by atoms with E-state index in [-0.39, 0.29) is 30.4 Å². The summed E-state index contributed by atoms with van der Waals surface area (Å²) in [5, 5.41) is 5.49. The van der Waals surface area contributed by atoms with Crippen LogP contribution in [0.15, 0.2) is 60.0 Å². The molecule has 2 aromatic carbocycles. The Morgan fingerprint density at radius 3 is 2.75 bits per heavy atom. The van der Waals surface area contributed by atoms with Crippen LogP contribution in [0.1, 0.15) is 35.9 Å². The minimum atomic E-state index is -0.319. The summed E-state index contributed by atoms with van der Waals surface area (Å²) in [4.78, 5) is 31.5. The first-order valence-electron chi connectivity index (χ1n) is 12.2. The Balaban J connectivity index is 1.50. The Kier molecular flexibility index (Phi) is 8.54. The molecule has 8 heteroatoms. The van der Waals surface area contributed by atoms with Crippen LogP contribution < -0.4 is 10.1 Å². The highest BCUT2D eigenvalue weighted by Gasteiger charge is 2.33. The second-order valence-corrected chi connectivity index (χ2v) is 10.9. The Morgan fingerprint density at radius 2 is 2.00 bits per heavy atom. The van der Waals surface area contributed by atoms with Gasteiger partial charge in [0.2, 0.25) is 5.91 Å². The van der Waals surface area contributed by atoms with Crippen molar-refractivity contribution in [1.82, 2.24) is 9.80 Å². The third-order valence-electron chi connectivity index (χ3n) is 6.18. The largest absolute Gasteiger partial charge is 0.491 e. The minimum Gasteiger partial charge on any atom is -0.491 e. The van der Waals surface area contributed by atoms with E-state index in [1.54, 1.807) is 40.5 Å². The monoisotopic (exact) mass is 525 g/mol. The molecular formula is C28H32ClN3O3S. The van der Waals surface area contributed by atoms with Gasteiger partial charge in [-0.3, -0.25) is 4.79 Å². The SMILES string of the molecule is Cc1ccccc1OCC1c2ccsc2CCN1C(=O)CN(CC(C)C)C(=O)Nc1cccc(Cl)c1. The number of nitrogens with zero attached hydrogens (tertiary/aromatic N) is 2. The Morgan fingerprint density at radius 1 is 1.19 bits per heavy atom. The summed E-state index contributed by atoms with van der Waals surface area (Å²) in [5.74, 6) is 0.926. The summed E-state index contributed by atoms with van der Waals surface area (Å²) in [5.41, 5.74) is 2.78. The molecule has 3 aromatic rings. The standard InChI is InChI=1S/C28H32ClN3O3S/c1-19(2)16-31(28(34)30-22-9-6-8-21(29)15-22)17-27(33)32-13-11-26-23(12-14-36-26)24(32)18-35-25-10-5-4-7-20(25)3/h4-10,12,14-15,19,24H,11,13,16-18H2,1-3H3,(H,30,34). The van der Waals surface area contributed by atoms with Crippen LogP contribution in [0.4, 0.5) is 10.5 Å². The molecule has 2 heterocycles. The van der Waals surface area contributed by atoms with E-state index < -0.39 is 0 Å². The number of fused-ring (bicyclic) bond motifs is 1. The van der Waals surface area contributed by atoms with Gasteiger partial charge in [0.05, 0.1) is 6.04 Å². The third-order valence-corrected chi connectivity index (χ3v) is 7.41. The average Bonchev–Trinajstić information content (AvgIpc) is 3.32. The first-order valence-corrected chi connectivity index (χ1v) is 13.4. The molecule has 0 bridgehead atoms. The van der Waals surface area contributed by atoms with Crippen LogP contribution in [0.25, 0.3) is 0 Å². The summed E-state index contributed by atoms with van der Waals surface area (Å²) in [6.45, 7) is 7.48. The van der Waals surface area contributed by atoms with Crippen LogP contribution in [0.5, 0.6) is 5.75 Å². The van der Waals surface area contributed by atoms with Crippen molar-refractivity contribution in [2.45, 2.75) is 33.2 Å². The number of para-hydroxylation sites is 1. The predicted octanol–water partition coefficient (Wildman–Crippen LogP) is 6.40. The third kappa shape index (κ3) is 6.39. The molecule has 0 spiro atoms. The molecule has 0 saturated heterocycles. The molecule has 0 aliphatic carbocycles. The number of carbonyl (C=O) groups is 2. The maximum Gasteiger partial charge on any atom is 0.322 e. The maximum absolute atomic E-state index is 13.7. The molecule has 36 heavy (non-hydrogen) atoms. The zero-order valence-corrected chi connectivity index (χ0v) is 22.4. The van der Waals surface area contributed by atoms with Crippen molar-refractivity contribution in [2.75, 3.05) is 31.6 Å². The topological polar surface area (TPSA) is 61.9 Å². The van der Waals surface area contributed by atoms with Crippen molar-refractivity contribution in [3.8, 4) is 5.75 Å². The van der Waals surface area contributed by atoms with Gasteiger partial charge in [-0.1, -0.05) is 49.7 Å². The van der Waals surface area contributed by atoms with Gasteiger partial charge in [0.1, 0.15) is 18.9 Å². The fraction of sp³-hybridized carbons (Fsp3) is 0.357. The highest BCUT2D eigenvalue weighted by atomic mass is 35.5. The van der Waals surface area contributed by atoms with Crippen LogP contribution in [0, 0.1) is 12.8 Å². The summed E-state index contributed by atoms with van der Waals surface area (Å²) in [7, 11) is 0. The molecule has 1 aliphatic rings. The summed E-state index contributed by atoms with van der Waals surface area (Å²) < 4.78 is 6.20. The van der Waals surface area contributed by atoms with E-state index in [9.17, 15) is 9.59 Å². The van der Waals surface area contributed by atoms with Crippen LogP contribution in [-0.2, 0) is 11.2 Å². The van der Waals surface area contributed by atoms with E-state index in [4.69, 9.17) is 16.3 Å². The number of aryl methyl sites for hydroxylation is 1. The van der Waals surface area contributed by atoms with Gasteiger partial charge >= 0.3 is 6.03 Å². The van der Waals surface area contributed by atoms with E-state index in [0.29, 0.717) is 30.4 Å². The second kappa shape index (κ2) is 11.8. The lowest BCUT2D eigenvalue weighted by Gasteiger charge is -2.37. The smallest absolute Gasteiger partial charge is 0.322 e. The average molecular weight is 526 g/mol.